The maximum Gasteiger partial charge on any atom is 0.321 e. The number of benzene rings is 2. The van der Waals surface area contributed by atoms with Crippen LogP contribution in [-0.4, -0.2) is 11.9 Å². The number of rotatable bonds is 8. The van der Waals surface area contributed by atoms with E-state index in [-0.39, 0.29) is 19.1 Å². The lowest BCUT2D eigenvalue weighted by molar-refractivity contribution is -0.165. The van der Waals surface area contributed by atoms with Crippen molar-refractivity contribution in [3.8, 4) is 0 Å². The second kappa shape index (κ2) is 10.2. The molecule has 2 aromatic carbocycles. The highest BCUT2D eigenvalue weighted by molar-refractivity contribution is 5.95. The number of ether oxygens (including phenoxy) is 2. The third-order valence-electron chi connectivity index (χ3n) is 3.98. The van der Waals surface area contributed by atoms with Gasteiger partial charge < -0.3 is 9.47 Å². The van der Waals surface area contributed by atoms with Crippen LogP contribution in [0.1, 0.15) is 25.0 Å². The summed E-state index contributed by atoms with van der Waals surface area (Å²) in [6, 6.07) is 18.7. The Labute approximate surface area is 154 Å². The summed E-state index contributed by atoms with van der Waals surface area (Å²) in [6.07, 6.45) is 3.62. The van der Waals surface area contributed by atoms with Gasteiger partial charge in [-0.3, -0.25) is 9.59 Å². The average molecular weight is 352 g/mol. The van der Waals surface area contributed by atoms with E-state index in [2.05, 4.69) is 0 Å². The summed E-state index contributed by atoms with van der Waals surface area (Å²) in [5.41, 5.74) is 1.74. The van der Waals surface area contributed by atoms with E-state index < -0.39 is 17.9 Å². The highest BCUT2D eigenvalue weighted by atomic mass is 16.6. The molecule has 0 spiro atoms. The van der Waals surface area contributed by atoms with Gasteiger partial charge in [0.15, 0.2) is 5.92 Å². The maximum atomic E-state index is 12.5. The molecule has 0 aliphatic carbocycles. The van der Waals surface area contributed by atoms with Crippen LogP contribution in [0.25, 0.3) is 0 Å². The molecule has 0 aromatic heterocycles. The van der Waals surface area contributed by atoms with Crippen molar-refractivity contribution in [2.24, 2.45) is 11.8 Å². The number of hydrogen-bond donors (Lipinski definition) is 0. The first-order chi connectivity index (χ1) is 12.6. The molecule has 1 atom stereocenters. The predicted molar refractivity (Wildman–Crippen MR) is 99.9 cm³/mol. The van der Waals surface area contributed by atoms with E-state index in [1.54, 1.807) is 13.0 Å². The highest BCUT2D eigenvalue weighted by Gasteiger charge is 2.34. The lowest BCUT2D eigenvalue weighted by Crippen LogP contribution is -2.32. The zero-order valence-corrected chi connectivity index (χ0v) is 15.1. The Morgan fingerprint density at radius 1 is 0.846 bits per heavy atom. The highest BCUT2D eigenvalue weighted by Crippen LogP contribution is 2.19. The molecule has 0 N–H and O–H groups in total. The van der Waals surface area contributed by atoms with Crippen LogP contribution in [0.5, 0.6) is 0 Å². The number of allylic oxidation sites excluding steroid dienone is 2. The van der Waals surface area contributed by atoms with E-state index in [9.17, 15) is 9.59 Å². The van der Waals surface area contributed by atoms with Crippen LogP contribution in [0.2, 0.25) is 0 Å². The molecule has 0 saturated heterocycles. The van der Waals surface area contributed by atoms with Gasteiger partial charge in [0, 0.05) is 0 Å². The van der Waals surface area contributed by atoms with Crippen LogP contribution < -0.4 is 0 Å². The summed E-state index contributed by atoms with van der Waals surface area (Å²) < 4.78 is 10.7. The summed E-state index contributed by atoms with van der Waals surface area (Å²) in [4.78, 5) is 25.1. The Balaban J connectivity index is 2.01. The molecule has 4 heteroatoms. The number of carbonyl (C=O) groups is 2. The maximum absolute atomic E-state index is 12.5. The first kappa shape index (κ1) is 19.4. The Hall–Kier alpha value is -2.88. The normalized spacial score (nSPS) is 12.1. The van der Waals surface area contributed by atoms with Crippen molar-refractivity contribution in [1.82, 2.24) is 0 Å². The van der Waals surface area contributed by atoms with Crippen LogP contribution in [0.4, 0.5) is 0 Å². The second-order valence-electron chi connectivity index (χ2n) is 6.05. The topological polar surface area (TPSA) is 52.6 Å². The molecule has 0 unspecified atom stereocenters. The summed E-state index contributed by atoms with van der Waals surface area (Å²) in [5, 5.41) is 0. The quantitative estimate of drug-likeness (QED) is 0.404. The minimum absolute atomic E-state index is 0.130. The number of esters is 2. The Bertz CT molecular complexity index is 667. The molecule has 2 aromatic rings. The van der Waals surface area contributed by atoms with Crippen molar-refractivity contribution in [3.05, 3.63) is 83.9 Å². The van der Waals surface area contributed by atoms with Crippen LogP contribution >= 0.6 is 0 Å². The van der Waals surface area contributed by atoms with Gasteiger partial charge >= 0.3 is 11.9 Å². The van der Waals surface area contributed by atoms with E-state index >= 15 is 0 Å². The van der Waals surface area contributed by atoms with Crippen molar-refractivity contribution < 1.29 is 19.1 Å². The smallest absolute Gasteiger partial charge is 0.321 e. The third kappa shape index (κ3) is 5.88. The van der Waals surface area contributed by atoms with Crippen molar-refractivity contribution >= 4 is 11.9 Å². The standard InChI is InChI=1S/C22H24O4/c1-3-10-17(2)20(21(23)25-15-18-11-6-4-7-12-18)22(24)26-16-19-13-8-5-9-14-19/h3-14,17,20H,15-16H2,1-2H3/b10-3+/t17-/m1/s1. The van der Waals surface area contributed by atoms with Crippen LogP contribution in [-0.2, 0) is 32.3 Å². The van der Waals surface area contributed by atoms with Crippen molar-refractivity contribution in [2.75, 3.05) is 0 Å². The van der Waals surface area contributed by atoms with Crippen LogP contribution in [0.3, 0.4) is 0 Å². The monoisotopic (exact) mass is 352 g/mol. The summed E-state index contributed by atoms with van der Waals surface area (Å²) >= 11 is 0. The van der Waals surface area contributed by atoms with Gasteiger partial charge in [-0.25, -0.2) is 0 Å². The zero-order valence-electron chi connectivity index (χ0n) is 15.1. The van der Waals surface area contributed by atoms with Crippen molar-refractivity contribution in [3.63, 3.8) is 0 Å². The van der Waals surface area contributed by atoms with Crippen molar-refractivity contribution in [2.45, 2.75) is 27.1 Å². The molecule has 4 nitrogen and oxygen atoms in total. The van der Waals surface area contributed by atoms with E-state index in [4.69, 9.17) is 9.47 Å². The molecule has 26 heavy (non-hydrogen) atoms. The van der Waals surface area contributed by atoms with Gasteiger partial charge in [0.2, 0.25) is 0 Å². The van der Waals surface area contributed by atoms with Crippen molar-refractivity contribution in [1.29, 1.82) is 0 Å². The van der Waals surface area contributed by atoms with Gasteiger partial charge in [0.1, 0.15) is 13.2 Å². The fourth-order valence-electron chi connectivity index (χ4n) is 2.58. The minimum Gasteiger partial charge on any atom is -0.460 e. The molecule has 0 aliphatic rings. The minimum atomic E-state index is -0.987. The molecular formula is C22H24O4. The summed E-state index contributed by atoms with van der Waals surface area (Å²) in [5.74, 6) is -2.44. The Morgan fingerprint density at radius 2 is 1.27 bits per heavy atom. The van der Waals surface area contributed by atoms with Gasteiger partial charge in [-0.2, -0.15) is 0 Å². The number of carbonyl (C=O) groups excluding carboxylic acids is 2. The summed E-state index contributed by atoms with van der Waals surface area (Å²) in [7, 11) is 0. The summed E-state index contributed by atoms with van der Waals surface area (Å²) in [6.45, 7) is 3.91. The van der Waals surface area contributed by atoms with Crippen LogP contribution in [0.15, 0.2) is 72.8 Å². The van der Waals surface area contributed by atoms with Gasteiger partial charge in [-0.1, -0.05) is 79.7 Å². The zero-order chi connectivity index (χ0) is 18.8. The first-order valence-corrected chi connectivity index (χ1v) is 8.65. The van der Waals surface area contributed by atoms with E-state index in [0.717, 1.165) is 11.1 Å². The van der Waals surface area contributed by atoms with E-state index in [1.807, 2.05) is 73.7 Å². The fourth-order valence-corrected chi connectivity index (χ4v) is 2.58. The lowest BCUT2D eigenvalue weighted by Gasteiger charge is -2.19. The number of hydrogen-bond acceptors (Lipinski definition) is 4. The first-order valence-electron chi connectivity index (χ1n) is 8.65. The molecule has 2 rings (SSSR count). The second-order valence-corrected chi connectivity index (χ2v) is 6.05. The molecule has 136 valence electrons. The molecule has 0 heterocycles. The molecule has 0 bridgehead atoms. The predicted octanol–water partition coefficient (Wildman–Crippen LogP) is 4.30. The van der Waals surface area contributed by atoms with E-state index in [0.29, 0.717) is 0 Å². The van der Waals surface area contributed by atoms with Gasteiger partial charge in [-0.05, 0) is 24.0 Å². The SMILES string of the molecule is C/C=C/[C@@H](C)C(C(=O)OCc1ccccc1)C(=O)OCc1ccccc1. The van der Waals surface area contributed by atoms with Gasteiger partial charge in [-0.15, -0.1) is 0 Å². The molecular weight excluding hydrogens is 328 g/mol. The largest absolute Gasteiger partial charge is 0.460 e. The van der Waals surface area contributed by atoms with Gasteiger partial charge in [0.25, 0.3) is 0 Å². The average Bonchev–Trinajstić information content (AvgIpc) is 2.67. The Morgan fingerprint density at radius 3 is 1.65 bits per heavy atom. The van der Waals surface area contributed by atoms with E-state index in [1.165, 1.54) is 0 Å². The molecule has 0 amide bonds. The molecule has 0 saturated carbocycles. The lowest BCUT2D eigenvalue weighted by atomic mass is 9.93. The van der Waals surface area contributed by atoms with Crippen LogP contribution in [0, 0.1) is 11.8 Å². The fraction of sp³-hybridized carbons (Fsp3) is 0.273. The molecule has 0 aliphatic heterocycles. The Kier molecular flexibility index (Phi) is 7.62. The van der Waals surface area contributed by atoms with Gasteiger partial charge in [0.05, 0.1) is 0 Å². The third-order valence-corrected chi connectivity index (χ3v) is 3.98. The molecule has 0 radical (unpaired) electrons. The molecule has 0 fully saturated rings.